The van der Waals surface area contributed by atoms with Gasteiger partial charge in [0.1, 0.15) is 0 Å². The minimum atomic E-state index is -0.180. The first-order valence-corrected chi connectivity index (χ1v) is 10.9. The molecule has 1 saturated heterocycles. The third kappa shape index (κ3) is 5.05. The molecule has 6 nitrogen and oxygen atoms in total. The van der Waals surface area contributed by atoms with E-state index < -0.39 is 0 Å². The molecule has 1 aromatic carbocycles. The number of nitrogens with zero attached hydrogens (tertiary/aromatic N) is 3. The van der Waals surface area contributed by atoms with Crippen LogP contribution < -0.4 is 10.2 Å². The van der Waals surface area contributed by atoms with Crippen LogP contribution >= 0.6 is 11.3 Å². The highest BCUT2D eigenvalue weighted by molar-refractivity contribution is 7.13. The lowest BCUT2D eigenvalue weighted by atomic mass is 10.2. The molecule has 0 atom stereocenters. The molecule has 0 aliphatic carbocycles. The minimum absolute atomic E-state index is 0.180. The zero-order valence-corrected chi connectivity index (χ0v) is 17.5. The molecule has 0 radical (unpaired) electrons. The van der Waals surface area contributed by atoms with E-state index in [9.17, 15) is 4.79 Å². The Balaban J connectivity index is 1.16. The van der Waals surface area contributed by atoms with Gasteiger partial charge in [0.15, 0.2) is 11.5 Å². The van der Waals surface area contributed by atoms with Crippen molar-refractivity contribution in [2.45, 2.75) is 13.3 Å². The number of hydrogen-bond donors (Lipinski definition) is 1. The fourth-order valence-corrected chi connectivity index (χ4v) is 4.24. The van der Waals surface area contributed by atoms with E-state index in [2.05, 4.69) is 51.5 Å². The number of carbonyl (C=O) groups is 1. The topological polar surface area (TPSA) is 61.6 Å². The Bertz CT molecular complexity index is 930. The normalized spacial score (nSPS) is 14.9. The number of anilines is 1. The number of thiophene rings is 1. The zero-order chi connectivity index (χ0) is 20.1. The summed E-state index contributed by atoms with van der Waals surface area (Å²) in [4.78, 5) is 18.1. The van der Waals surface area contributed by atoms with E-state index in [-0.39, 0.29) is 5.91 Å². The maximum Gasteiger partial charge on any atom is 0.273 e. The second-order valence-corrected chi connectivity index (χ2v) is 8.28. The Morgan fingerprint density at radius 1 is 1.17 bits per heavy atom. The molecule has 7 heteroatoms. The second-order valence-electron chi connectivity index (χ2n) is 7.33. The lowest BCUT2D eigenvalue weighted by Crippen LogP contribution is -2.47. The molecule has 4 rings (SSSR count). The van der Waals surface area contributed by atoms with Crippen molar-refractivity contribution in [3.05, 3.63) is 59.1 Å². The lowest BCUT2D eigenvalue weighted by Gasteiger charge is -2.36. The first-order valence-electron chi connectivity index (χ1n) is 10.0. The van der Waals surface area contributed by atoms with Crippen LogP contribution in [0.25, 0.3) is 10.6 Å². The van der Waals surface area contributed by atoms with Crippen molar-refractivity contribution >= 4 is 22.9 Å². The number of amides is 1. The predicted octanol–water partition coefficient (Wildman–Crippen LogP) is 3.65. The zero-order valence-electron chi connectivity index (χ0n) is 16.6. The number of hydrogen-bond acceptors (Lipinski definition) is 6. The molecule has 0 saturated carbocycles. The van der Waals surface area contributed by atoms with Gasteiger partial charge in [0.2, 0.25) is 0 Å². The van der Waals surface area contributed by atoms with Gasteiger partial charge < -0.3 is 14.7 Å². The molecule has 0 unspecified atom stereocenters. The van der Waals surface area contributed by atoms with Crippen LogP contribution in [0.2, 0.25) is 0 Å². The van der Waals surface area contributed by atoms with Crippen molar-refractivity contribution in [3.63, 3.8) is 0 Å². The van der Waals surface area contributed by atoms with Gasteiger partial charge in [-0.3, -0.25) is 9.69 Å². The van der Waals surface area contributed by atoms with Crippen molar-refractivity contribution in [3.8, 4) is 10.6 Å². The van der Waals surface area contributed by atoms with E-state index >= 15 is 0 Å². The van der Waals surface area contributed by atoms with E-state index in [0.29, 0.717) is 18.0 Å². The van der Waals surface area contributed by atoms with Crippen LogP contribution in [0.3, 0.4) is 0 Å². The number of carbonyl (C=O) groups excluding carboxylic acids is 1. The molecule has 1 aliphatic heterocycles. The number of rotatable bonds is 7. The SMILES string of the molecule is Cc1cccc(N2CCN(CCCNC(=O)c3cc(-c4cccs4)on3)CC2)c1. The van der Waals surface area contributed by atoms with Gasteiger partial charge in [-0.1, -0.05) is 23.4 Å². The van der Waals surface area contributed by atoms with Crippen LogP contribution in [0.15, 0.2) is 52.4 Å². The Kier molecular flexibility index (Phi) is 6.27. The van der Waals surface area contributed by atoms with E-state index in [1.54, 1.807) is 17.4 Å². The van der Waals surface area contributed by atoms with Crippen LogP contribution in [0, 0.1) is 6.92 Å². The average molecular weight is 411 g/mol. The van der Waals surface area contributed by atoms with Gasteiger partial charge >= 0.3 is 0 Å². The van der Waals surface area contributed by atoms with Gasteiger partial charge in [0, 0.05) is 44.5 Å². The molecular weight excluding hydrogens is 384 g/mol. The summed E-state index contributed by atoms with van der Waals surface area (Å²) in [6, 6.07) is 14.3. The van der Waals surface area contributed by atoms with E-state index in [4.69, 9.17) is 4.52 Å². The van der Waals surface area contributed by atoms with Crippen molar-refractivity contribution in [2.75, 3.05) is 44.2 Å². The highest BCUT2D eigenvalue weighted by atomic mass is 32.1. The molecule has 3 heterocycles. The molecule has 0 bridgehead atoms. The molecule has 1 fully saturated rings. The van der Waals surface area contributed by atoms with Crippen molar-refractivity contribution in [2.24, 2.45) is 0 Å². The van der Waals surface area contributed by atoms with E-state index in [1.165, 1.54) is 11.3 Å². The fraction of sp³-hybridized carbons (Fsp3) is 0.364. The molecule has 0 spiro atoms. The molecule has 152 valence electrons. The number of nitrogens with one attached hydrogen (secondary N) is 1. The summed E-state index contributed by atoms with van der Waals surface area (Å²) in [5.74, 6) is 0.456. The number of aromatic nitrogens is 1. The Labute approximate surface area is 175 Å². The third-order valence-corrected chi connectivity index (χ3v) is 6.07. The van der Waals surface area contributed by atoms with Crippen LogP contribution in [-0.4, -0.2) is 55.2 Å². The summed E-state index contributed by atoms with van der Waals surface area (Å²) in [6.45, 7) is 7.95. The smallest absolute Gasteiger partial charge is 0.273 e. The maximum atomic E-state index is 12.3. The maximum absolute atomic E-state index is 12.3. The van der Waals surface area contributed by atoms with Crippen molar-refractivity contribution < 1.29 is 9.32 Å². The molecule has 1 amide bonds. The molecular formula is C22H26N4O2S. The van der Waals surface area contributed by atoms with E-state index in [1.807, 2.05) is 17.5 Å². The summed E-state index contributed by atoms with van der Waals surface area (Å²) in [5, 5.41) is 8.80. The van der Waals surface area contributed by atoms with Crippen molar-refractivity contribution in [1.82, 2.24) is 15.4 Å². The predicted molar refractivity (Wildman–Crippen MR) is 117 cm³/mol. The van der Waals surface area contributed by atoms with Crippen LogP contribution in [-0.2, 0) is 0 Å². The Morgan fingerprint density at radius 3 is 2.79 bits per heavy atom. The average Bonchev–Trinajstić information content (AvgIpc) is 3.43. The molecule has 29 heavy (non-hydrogen) atoms. The van der Waals surface area contributed by atoms with Crippen molar-refractivity contribution in [1.29, 1.82) is 0 Å². The molecule has 1 N–H and O–H groups in total. The molecule has 1 aliphatic rings. The van der Waals surface area contributed by atoms with Crippen LogP contribution in [0.4, 0.5) is 5.69 Å². The third-order valence-electron chi connectivity index (χ3n) is 5.18. The van der Waals surface area contributed by atoms with Gasteiger partial charge in [-0.2, -0.15) is 0 Å². The number of aryl methyl sites for hydroxylation is 1. The number of benzene rings is 1. The summed E-state index contributed by atoms with van der Waals surface area (Å²) < 4.78 is 5.27. The van der Waals surface area contributed by atoms with E-state index in [0.717, 1.165) is 44.0 Å². The molecule has 2 aromatic heterocycles. The van der Waals surface area contributed by atoms with Gasteiger partial charge in [-0.25, -0.2) is 0 Å². The summed E-state index contributed by atoms with van der Waals surface area (Å²) >= 11 is 1.56. The van der Waals surface area contributed by atoms with Gasteiger partial charge in [-0.05, 0) is 49.0 Å². The Hall–Kier alpha value is -2.64. The summed E-state index contributed by atoms with van der Waals surface area (Å²) in [7, 11) is 0. The van der Waals surface area contributed by atoms with Gasteiger partial charge in [-0.15, -0.1) is 11.3 Å². The monoisotopic (exact) mass is 410 g/mol. The fourth-order valence-electron chi connectivity index (χ4n) is 3.57. The summed E-state index contributed by atoms with van der Waals surface area (Å²) in [6.07, 6.45) is 0.922. The van der Waals surface area contributed by atoms with Crippen LogP contribution in [0.1, 0.15) is 22.5 Å². The highest BCUT2D eigenvalue weighted by Crippen LogP contribution is 2.25. The molecule has 3 aromatic rings. The first kappa shape index (κ1) is 19.7. The first-order chi connectivity index (χ1) is 14.2. The second kappa shape index (κ2) is 9.24. The van der Waals surface area contributed by atoms with Crippen LogP contribution in [0.5, 0.6) is 0 Å². The number of piperazine rings is 1. The summed E-state index contributed by atoms with van der Waals surface area (Å²) in [5.41, 5.74) is 2.95. The minimum Gasteiger partial charge on any atom is -0.369 e. The highest BCUT2D eigenvalue weighted by Gasteiger charge is 2.17. The van der Waals surface area contributed by atoms with Gasteiger partial charge in [0.05, 0.1) is 4.88 Å². The lowest BCUT2D eigenvalue weighted by molar-refractivity contribution is 0.0942. The quantitative estimate of drug-likeness (QED) is 0.603. The van der Waals surface area contributed by atoms with Gasteiger partial charge in [0.25, 0.3) is 5.91 Å². The standard InChI is InChI=1S/C22H26N4O2S/c1-17-5-2-6-18(15-17)26-12-10-25(11-13-26)9-4-8-23-22(27)19-16-20(28-24-19)21-7-3-14-29-21/h2-3,5-7,14-16H,4,8-13H2,1H3,(H,23,27). The Morgan fingerprint density at radius 2 is 2.03 bits per heavy atom. The largest absolute Gasteiger partial charge is 0.369 e.